The van der Waals surface area contributed by atoms with Crippen LogP contribution in [0.25, 0.3) is 267 Å². The molecule has 146 heavy (non-hydrogen) atoms. The van der Waals surface area contributed by atoms with Crippen LogP contribution in [0, 0.1) is 0 Å². The van der Waals surface area contributed by atoms with Crippen molar-refractivity contribution < 1.29 is 0 Å². The quantitative estimate of drug-likeness (QED) is 0.0834. The fourth-order valence-corrected chi connectivity index (χ4v) is 19.7. The van der Waals surface area contributed by atoms with E-state index >= 15 is 0 Å². The van der Waals surface area contributed by atoms with Crippen LogP contribution >= 0.6 is 0 Å². The van der Waals surface area contributed by atoms with Crippen LogP contribution in [0.4, 0.5) is 0 Å². The average molecular weight is 1870 g/mol. The second-order valence-electron chi connectivity index (χ2n) is 35.8. The van der Waals surface area contributed by atoms with Gasteiger partial charge in [-0.2, -0.15) is 0 Å². The largest absolute Gasteiger partial charge is 0.265 e. The first-order valence-corrected chi connectivity index (χ1v) is 48.5. The highest BCUT2D eigenvalue weighted by molar-refractivity contribution is 6.21. The van der Waals surface area contributed by atoms with Crippen molar-refractivity contribution in [3.05, 3.63) is 511 Å². The Bertz CT molecular complexity index is 9050. The molecule has 682 valence electrons. The lowest BCUT2D eigenvalue weighted by Crippen LogP contribution is -2.00. The molecule has 0 bridgehead atoms. The molecule has 12 aromatic heterocycles. The highest BCUT2D eigenvalue weighted by atomic mass is 15.0. The summed E-state index contributed by atoms with van der Waals surface area (Å²) in [4.78, 5) is 68.0. The Morgan fingerprint density at radius 2 is 0.473 bits per heavy atom. The van der Waals surface area contributed by atoms with Gasteiger partial charge in [0.2, 0.25) is 0 Å². The van der Waals surface area contributed by atoms with Crippen molar-refractivity contribution in [2.75, 3.05) is 0 Å². The van der Waals surface area contributed by atoms with Gasteiger partial charge in [-0.25, -0.2) is 44.9 Å². The van der Waals surface area contributed by atoms with Crippen molar-refractivity contribution in [2.45, 2.75) is 0 Å². The Hall–Kier alpha value is -20.0. The van der Waals surface area contributed by atoms with Crippen molar-refractivity contribution in [2.24, 2.45) is 0 Å². The number of pyridine rings is 11. The maximum atomic E-state index is 5.28. The Morgan fingerprint density at radius 3 is 0.863 bits per heavy atom. The van der Waals surface area contributed by atoms with Gasteiger partial charge in [-0.1, -0.05) is 358 Å². The molecule has 0 N–H and O–H groups in total. The Morgan fingerprint density at radius 1 is 0.144 bits per heavy atom. The molecule has 14 heteroatoms. The van der Waals surface area contributed by atoms with Crippen LogP contribution < -0.4 is 0 Å². The predicted molar refractivity (Wildman–Crippen MR) is 595 cm³/mol. The van der Waals surface area contributed by atoms with Gasteiger partial charge in [-0.3, -0.25) is 24.9 Å². The first-order valence-electron chi connectivity index (χ1n) is 48.5. The van der Waals surface area contributed by atoms with E-state index in [-0.39, 0.29) is 0 Å². The van der Waals surface area contributed by atoms with Gasteiger partial charge < -0.3 is 0 Å². The first-order chi connectivity index (χ1) is 72.4. The standard InChI is InChI=1S/2C45H29N5.C42H26N4/c1-4-11-31(12-5-1)37-17-10-18-39-41(37)38-24-23-36(29-40(38)47-42(39)32-25-27-46-28-26-32)30-19-21-35(22-20-30)45-49-43(33-13-6-2-7-14-33)48-44(50-45)34-15-8-3-9-16-34;1-2-10-32(11-3-1)36-13-8-14-38-44(36)37-22-21-33(26-41(37)50-45(38)34-12-9-23-46-29-34)30-17-19-31(20-18-30)35-27-42(39-15-4-6-24-47-39)49-43(28-35)40-16-5-7-25-48-40;1-3-9-27(10-4-1)33-14-7-15-35-39(33)34-21-18-31(25-38(34)46-40(35)32-13-8-24-43-26-32)37-23-20-30-17-16-29-19-22-36(28-11-5-2-6-12-28)44-41(29)42(30)45-37/h2*1-29H;1-26H. The third-order valence-electron chi connectivity index (χ3n) is 26.8. The summed E-state index contributed by atoms with van der Waals surface area (Å²) in [6.45, 7) is 0. The number of hydrogen-bond donors (Lipinski definition) is 0. The normalized spacial score (nSPS) is 11.3. The molecular weight excluding hydrogens is 1780 g/mol. The van der Waals surface area contributed by atoms with E-state index in [2.05, 4.69) is 346 Å². The molecule has 0 aliphatic carbocycles. The highest BCUT2D eigenvalue weighted by Gasteiger charge is 2.24. The summed E-state index contributed by atoms with van der Waals surface area (Å²) in [5.74, 6) is 1.92. The van der Waals surface area contributed by atoms with Gasteiger partial charge in [0.25, 0.3) is 0 Å². The smallest absolute Gasteiger partial charge is 0.164 e. The number of benzene rings is 15. The van der Waals surface area contributed by atoms with Gasteiger partial charge in [0, 0.05) is 153 Å². The van der Waals surface area contributed by atoms with E-state index in [0.29, 0.717) is 17.5 Å². The summed E-state index contributed by atoms with van der Waals surface area (Å²) in [7, 11) is 0. The molecule has 27 aromatic rings. The van der Waals surface area contributed by atoms with E-state index < -0.39 is 0 Å². The van der Waals surface area contributed by atoms with Gasteiger partial charge in [0.15, 0.2) is 17.5 Å². The Kier molecular flexibility index (Phi) is 23.4. The molecule has 0 aliphatic rings. The van der Waals surface area contributed by atoms with Crippen LogP contribution in [0.1, 0.15) is 0 Å². The monoisotopic (exact) mass is 1860 g/mol. The topological polar surface area (TPSA) is 180 Å². The molecule has 0 atom stereocenters. The highest BCUT2D eigenvalue weighted by Crippen LogP contribution is 2.46. The second kappa shape index (κ2) is 39.0. The predicted octanol–water partition coefficient (Wildman–Crippen LogP) is 32.5. The van der Waals surface area contributed by atoms with Crippen LogP contribution in [0.3, 0.4) is 0 Å². The number of rotatable bonds is 16. The first kappa shape index (κ1) is 87.5. The second-order valence-corrected chi connectivity index (χ2v) is 35.8. The minimum atomic E-state index is 0.631. The third-order valence-corrected chi connectivity index (χ3v) is 26.8. The zero-order chi connectivity index (χ0) is 97.0. The fraction of sp³-hybridized carbons (Fsp3) is 0. The van der Waals surface area contributed by atoms with Gasteiger partial charge in [0.1, 0.15) is 0 Å². The molecule has 14 nitrogen and oxygen atoms in total. The molecule has 12 heterocycles. The summed E-state index contributed by atoms with van der Waals surface area (Å²) < 4.78 is 0. The summed E-state index contributed by atoms with van der Waals surface area (Å²) in [5, 5.41) is 12.3. The van der Waals surface area contributed by atoms with E-state index in [0.717, 1.165) is 200 Å². The molecule has 0 saturated carbocycles. The SMILES string of the molecule is c1ccc(-c2ccc3ccc4ccc(-c5ccc6c(c5)nc(-c5cccnc5)c5cccc(-c7ccccc7)c56)nc4c3n2)cc1.c1ccc(-c2cccc3c(-c4cccnc4)nc4cc(-c5ccc(-c6cc(-c7ccccn7)nc(-c7ccccn7)c6)cc5)ccc4c23)cc1.c1ccc(-c2nc(-c3ccccc3)nc(-c3ccc(-c4ccc5c(c4)nc(-c4ccncc4)c4cccc(-c6ccccc6)c45)cc3)n2)cc1. The number of hydrogen-bond acceptors (Lipinski definition) is 14. The molecule has 0 saturated heterocycles. The molecule has 0 fully saturated rings. The van der Waals surface area contributed by atoms with E-state index in [1.807, 2.05) is 164 Å². The average Bonchev–Trinajstić information content (AvgIpc) is 0.745. The van der Waals surface area contributed by atoms with E-state index in [4.69, 9.17) is 44.9 Å². The van der Waals surface area contributed by atoms with Gasteiger partial charge >= 0.3 is 0 Å². The summed E-state index contributed by atoms with van der Waals surface area (Å²) in [5.41, 5.74) is 34.0. The zero-order valence-electron chi connectivity index (χ0n) is 78.8. The molecule has 0 radical (unpaired) electrons. The fourth-order valence-electron chi connectivity index (χ4n) is 19.7. The zero-order valence-corrected chi connectivity index (χ0v) is 78.8. The van der Waals surface area contributed by atoms with Crippen molar-refractivity contribution in [3.63, 3.8) is 0 Å². The van der Waals surface area contributed by atoms with Crippen LogP contribution in [0.2, 0.25) is 0 Å². The van der Waals surface area contributed by atoms with Gasteiger partial charge in [-0.15, -0.1) is 0 Å². The maximum Gasteiger partial charge on any atom is 0.164 e. The van der Waals surface area contributed by atoms with Crippen molar-refractivity contribution in [3.8, 4) is 180 Å². The molecule has 15 aromatic carbocycles. The molecule has 0 spiro atoms. The van der Waals surface area contributed by atoms with Crippen LogP contribution in [-0.4, -0.2) is 69.8 Å². The van der Waals surface area contributed by atoms with Crippen LogP contribution in [-0.2, 0) is 0 Å². The van der Waals surface area contributed by atoms with Crippen LogP contribution in [0.15, 0.2) is 511 Å². The minimum absolute atomic E-state index is 0.631. The maximum absolute atomic E-state index is 5.28. The molecule has 0 amide bonds. The van der Waals surface area contributed by atoms with Crippen LogP contribution in [0.5, 0.6) is 0 Å². The van der Waals surface area contributed by atoms with E-state index in [9.17, 15) is 0 Å². The van der Waals surface area contributed by atoms with Crippen molar-refractivity contribution in [1.82, 2.24) is 69.8 Å². The molecule has 0 unspecified atom stereocenters. The van der Waals surface area contributed by atoms with Crippen molar-refractivity contribution in [1.29, 1.82) is 0 Å². The Labute approximate surface area is 841 Å². The van der Waals surface area contributed by atoms with E-state index in [1.165, 1.54) is 49.5 Å². The lowest BCUT2D eigenvalue weighted by atomic mass is 9.92. The van der Waals surface area contributed by atoms with Gasteiger partial charge in [0.05, 0.1) is 78.8 Å². The minimum Gasteiger partial charge on any atom is -0.265 e. The number of nitrogens with zero attached hydrogens (tertiary/aromatic N) is 14. The lowest BCUT2D eigenvalue weighted by molar-refractivity contribution is 1.07. The van der Waals surface area contributed by atoms with Gasteiger partial charge in [-0.05, 0) is 170 Å². The lowest BCUT2D eigenvalue weighted by Gasteiger charge is -2.15. The molecular formula is C132H84N14. The summed E-state index contributed by atoms with van der Waals surface area (Å²) in [6, 6.07) is 159. The van der Waals surface area contributed by atoms with E-state index in [1.54, 1.807) is 24.8 Å². The van der Waals surface area contributed by atoms with Crippen molar-refractivity contribution >= 4 is 86.8 Å². The third kappa shape index (κ3) is 17.5. The summed E-state index contributed by atoms with van der Waals surface area (Å²) in [6.07, 6.45) is 14.6. The molecule has 0 aliphatic heterocycles. The summed E-state index contributed by atoms with van der Waals surface area (Å²) >= 11 is 0. The molecule has 27 rings (SSSR count). The number of fused-ring (bicyclic) bond motifs is 12. The Balaban J connectivity index is 0.000000114. The number of aromatic nitrogens is 14.